The first-order chi connectivity index (χ1) is 20.1. The molecule has 5 aromatic rings. The van der Waals surface area contributed by atoms with Crippen molar-refractivity contribution in [1.82, 2.24) is 10.2 Å². The molecule has 5 rings (SSSR count). The summed E-state index contributed by atoms with van der Waals surface area (Å²) in [7, 11) is 2.72. The lowest BCUT2D eigenvalue weighted by Gasteiger charge is -2.03. The lowest BCUT2D eigenvalue weighted by Crippen LogP contribution is -2.00. The van der Waals surface area contributed by atoms with Crippen LogP contribution in [0.4, 0.5) is 0 Å². The summed E-state index contributed by atoms with van der Waals surface area (Å²) >= 11 is 0. The first kappa shape index (κ1) is 27.0. The molecular formula is C34H26N2O5. The minimum absolute atomic E-state index is 0.371. The van der Waals surface area contributed by atoms with E-state index in [2.05, 4.69) is 10.2 Å². The molecule has 7 heteroatoms. The van der Waals surface area contributed by atoms with Gasteiger partial charge < -0.3 is 13.9 Å². The molecule has 0 radical (unpaired) electrons. The molecule has 7 nitrogen and oxygen atoms in total. The molecule has 0 amide bonds. The van der Waals surface area contributed by atoms with E-state index in [1.54, 1.807) is 24.3 Å². The Kier molecular flexibility index (Phi) is 8.26. The standard InChI is InChI=1S/C34H26N2O5/c1-39-33(37)27-19-13-23(14-20-27)11-17-25-7-3-5-9-29(25)31-35-36-32(41-31)30-10-6-4-8-26(30)18-12-24-15-21-28(22-16-24)34(38)40-2/h3-22H,1-2H3/b17-11+,18-12+. The van der Waals surface area contributed by atoms with Crippen molar-refractivity contribution >= 4 is 36.2 Å². The van der Waals surface area contributed by atoms with Crippen LogP contribution in [0.25, 0.3) is 47.2 Å². The molecule has 41 heavy (non-hydrogen) atoms. The van der Waals surface area contributed by atoms with Crippen LogP contribution in [0.5, 0.6) is 0 Å². The largest absolute Gasteiger partial charge is 0.465 e. The van der Waals surface area contributed by atoms with Gasteiger partial charge in [-0.1, -0.05) is 85.0 Å². The number of aromatic nitrogens is 2. The quantitative estimate of drug-likeness (QED) is 0.150. The van der Waals surface area contributed by atoms with Gasteiger partial charge in [0.1, 0.15) is 0 Å². The summed E-state index contributed by atoms with van der Waals surface area (Å²) in [6, 6.07) is 29.9. The second-order valence-electron chi connectivity index (χ2n) is 8.98. The maximum Gasteiger partial charge on any atom is 0.337 e. The zero-order valence-corrected chi connectivity index (χ0v) is 22.5. The van der Waals surface area contributed by atoms with Gasteiger partial charge in [0, 0.05) is 11.1 Å². The fraction of sp³-hybridized carbons (Fsp3) is 0.0588. The molecule has 0 unspecified atom stereocenters. The van der Waals surface area contributed by atoms with Gasteiger partial charge in [-0.2, -0.15) is 0 Å². The fourth-order valence-electron chi connectivity index (χ4n) is 4.18. The van der Waals surface area contributed by atoms with Crippen LogP contribution in [0.1, 0.15) is 43.0 Å². The van der Waals surface area contributed by atoms with Gasteiger partial charge in [-0.05, 0) is 58.7 Å². The highest BCUT2D eigenvalue weighted by molar-refractivity contribution is 5.90. The smallest absolute Gasteiger partial charge is 0.337 e. The minimum Gasteiger partial charge on any atom is -0.465 e. The van der Waals surface area contributed by atoms with E-state index in [4.69, 9.17) is 13.9 Å². The van der Waals surface area contributed by atoms with Crippen LogP contribution in [0.15, 0.2) is 101 Å². The Balaban J connectivity index is 1.38. The fourth-order valence-corrected chi connectivity index (χ4v) is 4.18. The summed E-state index contributed by atoms with van der Waals surface area (Å²) in [6.45, 7) is 0. The van der Waals surface area contributed by atoms with Crippen LogP contribution in [0.3, 0.4) is 0 Å². The van der Waals surface area contributed by atoms with Gasteiger partial charge in [-0.15, -0.1) is 10.2 Å². The van der Waals surface area contributed by atoms with Crippen LogP contribution in [-0.2, 0) is 9.47 Å². The lowest BCUT2D eigenvalue weighted by atomic mass is 10.0. The van der Waals surface area contributed by atoms with Crippen molar-refractivity contribution < 1.29 is 23.5 Å². The number of methoxy groups -OCH3 is 2. The van der Waals surface area contributed by atoms with Gasteiger partial charge in [0.2, 0.25) is 11.8 Å². The zero-order valence-electron chi connectivity index (χ0n) is 22.5. The van der Waals surface area contributed by atoms with Gasteiger partial charge in [0.15, 0.2) is 0 Å². The predicted octanol–water partition coefficient (Wildman–Crippen LogP) is 7.32. The molecule has 0 atom stereocenters. The van der Waals surface area contributed by atoms with Crippen molar-refractivity contribution in [2.45, 2.75) is 0 Å². The number of benzene rings is 4. The van der Waals surface area contributed by atoms with Gasteiger partial charge in [-0.3, -0.25) is 0 Å². The molecule has 0 bridgehead atoms. The number of hydrogen-bond acceptors (Lipinski definition) is 7. The van der Waals surface area contributed by atoms with Crippen molar-refractivity contribution in [2.75, 3.05) is 14.2 Å². The maximum absolute atomic E-state index is 11.7. The molecule has 0 fully saturated rings. The molecule has 0 saturated heterocycles. The first-order valence-corrected chi connectivity index (χ1v) is 12.8. The molecule has 0 aliphatic rings. The average molecular weight is 543 g/mol. The number of carbonyl (C=O) groups is 2. The van der Waals surface area contributed by atoms with E-state index >= 15 is 0 Å². The summed E-state index contributed by atoms with van der Waals surface area (Å²) in [5.74, 6) is 0.0609. The molecule has 202 valence electrons. The van der Waals surface area contributed by atoms with Gasteiger partial charge >= 0.3 is 11.9 Å². The van der Waals surface area contributed by atoms with Crippen LogP contribution in [-0.4, -0.2) is 36.4 Å². The van der Waals surface area contributed by atoms with Crippen LogP contribution in [0.2, 0.25) is 0 Å². The highest BCUT2D eigenvalue weighted by Gasteiger charge is 2.15. The van der Waals surface area contributed by atoms with Crippen LogP contribution < -0.4 is 0 Å². The summed E-state index contributed by atoms with van der Waals surface area (Å²) in [5, 5.41) is 8.69. The highest BCUT2D eigenvalue weighted by Crippen LogP contribution is 2.30. The van der Waals surface area contributed by atoms with Crippen molar-refractivity contribution in [1.29, 1.82) is 0 Å². The van der Waals surface area contributed by atoms with Crippen LogP contribution in [0, 0.1) is 0 Å². The number of carbonyl (C=O) groups excluding carboxylic acids is 2. The molecule has 4 aromatic carbocycles. The Morgan fingerprint density at radius 1 is 0.561 bits per heavy atom. The number of ether oxygens (including phenoxy) is 2. The third-order valence-corrected chi connectivity index (χ3v) is 6.38. The number of hydrogen-bond donors (Lipinski definition) is 0. The van der Waals surface area contributed by atoms with Crippen molar-refractivity contribution in [3.63, 3.8) is 0 Å². The Morgan fingerprint density at radius 3 is 1.34 bits per heavy atom. The van der Waals surface area contributed by atoms with E-state index in [0.29, 0.717) is 22.9 Å². The topological polar surface area (TPSA) is 91.5 Å². The summed E-state index contributed by atoms with van der Waals surface area (Å²) in [6.07, 6.45) is 7.84. The third kappa shape index (κ3) is 6.37. The van der Waals surface area contributed by atoms with E-state index in [1.807, 2.05) is 97.1 Å². The number of rotatable bonds is 8. The highest BCUT2D eigenvalue weighted by atomic mass is 16.5. The predicted molar refractivity (Wildman–Crippen MR) is 159 cm³/mol. The Bertz CT molecular complexity index is 1600. The first-order valence-electron chi connectivity index (χ1n) is 12.8. The minimum atomic E-state index is -0.371. The summed E-state index contributed by atoms with van der Waals surface area (Å²) < 4.78 is 15.7. The normalized spacial score (nSPS) is 11.2. The molecule has 0 N–H and O–H groups in total. The van der Waals surface area contributed by atoms with Gasteiger partial charge in [0.25, 0.3) is 0 Å². The summed E-state index contributed by atoms with van der Waals surface area (Å²) in [4.78, 5) is 23.4. The third-order valence-electron chi connectivity index (χ3n) is 6.38. The molecule has 0 saturated carbocycles. The van der Waals surface area contributed by atoms with E-state index < -0.39 is 0 Å². The molecule has 0 spiro atoms. The Labute approximate surface area is 237 Å². The zero-order chi connectivity index (χ0) is 28.6. The average Bonchev–Trinajstić information content (AvgIpc) is 3.53. The second-order valence-corrected chi connectivity index (χ2v) is 8.98. The van der Waals surface area contributed by atoms with Gasteiger partial charge in [-0.25, -0.2) is 9.59 Å². The maximum atomic E-state index is 11.7. The Morgan fingerprint density at radius 2 is 0.951 bits per heavy atom. The summed E-state index contributed by atoms with van der Waals surface area (Å²) in [5.41, 5.74) is 6.26. The van der Waals surface area contributed by atoms with E-state index in [0.717, 1.165) is 33.4 Å². The van der Waals surface area contributed by atoms with Crippen molar-refractivity contribution in [3.05, 3.63) is 130 Å². The van der Waals surface area contributed by atoms with Crippen LogP contribution >= 0.6 is 0 Å². The number of nitrogens with zero attached hydrogens (tertiary/aromatic N) is 2. The second kappa shape index (κ2) is 12.5. The van der Waals surface area contributed by atoms with E-state index in [-0.39, 0.29) is 11.9 Å². The molecule has 0 aliphatic carbocycles. The molecule has 0 aliphatic heterocycles. The number of esters is 2. The molecule has 1 aromatic heterocycles. The Hall–Kier alpha value is -5.56. The monoisotopic (exact) mass is 542 g/mol. The van der Waals surface area contributed by atoms with E-state index in [1.165, 1.54) is 14.2 Å². The van der Waals surface area contributed by atoms with E-state index in [9.17, 15) is 9.59 Å². The van der Waals surface area contributed by atoms with Crippen molar-refractivity contribution in [3.8, 4) is 22.9 Å². The SMILES string of the molecule is COC(=O)c1ccc(/C=C/c2ccccc2-c2nnc(-c3ccccc3/C=C/c3ccc(C(=O)OC)cc3)o2)cc1. The lowest BCUT2D eigenvalue weighted by molar-refractivity contribution is 0.0592. The molecule has 1 heterocycles. The van der Waals surface area contributed by atoms with Crippen molar-refractivity contribution in [2.24, 2.45) is 0 Å². The molecular weight excluding hydrogens is 516 g/mol. The van der Waals surface area contributed by atoms with Gasteiger partial charge in [0.05, 0.1) is 25.3 Å².